The molecule has 1 fully saturated rings. The van der Waals surface area contributed by atoms with Crippen molar-refractivity contribution in [2.24, 2.45) is 0 Å². The van der Waals surface area contributed by atoms with Crippen LogP contribution in [0.3, 0.4) is 0 Å². The molecule has 0 amide bonds. The zero-order valence-corrected chi connectivity index (χ0v) is 16.9. The second kappa shape index (κ2) is 7.63. The van der Waals surface area contributed by atoms with Crippen molar-refractivity contribution in [3.63, 3.8) is 0 Å². The molecule has 144 valence electrons. The van der Waals surface area contributed by atoms with Crippen LogP contribution >= 0.6 is 22.7 Å². The van der Waals surface area contributed by atoms with Crippen LogP contribution in [-0.4, -0.2) is 45.9 Å². The Bertz CT molecular complexity index is 1110. The second-order valence-electron chi connectivity index (χ2n) is 6.95. The third-order valence-electron chi connectivity index (χ3n) is 5.08. The standard InChI is InChI=1S/C20H20N4O2S2/c25-19-18-15(16-4-1-9-26-16)13-28-20(18)22-17(21-19)12-24-7-5-23(6-8-24)11-14-3-2-10-27-14/h1-4,9-10,13H,5-8,11-12H2,(H,21,22,25). The minimum absolute atomic E-state index is 0.0935. The number of hydrogen-bond acceptors (Lipinski definition) is 7. The van der Waals surface area contributed by atoms with Crippen molar-refractivity contribution in [1.29, 1.82) is 0 Å². The minimum Gasteiger partial charge on any atom is -0.464 e. The van der Waals surface area contributed by atoms with E-state index in [2.05, 4.69) is 32.3 Å². The smallest absolute Gasteiger partial charge is 0.260 e. The molecule has 1 aliphatic rings. The monoisotopic (exact) mass is 412 g/mol. The van der Waals surface area contributed by atoms with Crippen LogP contribution in [0.4, 0.5) is 0 Å². The molecule has 1 N–H and O–H groups in total. The summed E-state index contributed by atoms with van der Waals surface area (Å²) in [7, 11) is 0. The van der Waals surface area contributed by atoms with Gasteiger partial charge in [-0.2, -0.15) is 0 Å². The lowest BCUT2D eigenvalue weighted by Crippen LogP contribution is -2.45. The number of nitrogens with one attached hydrogen (secondary N) is 1. The lowest BCUT2D eigenvalue weighted by molar-refractivity contribution is 0.120. The topological polar surface area (TPSA) is 65.4 Å². The number of hydrogen-bond donors (Lipinski definition) is 1. The van der Waals surface area contributed by atoms with Crippen molar-refractivity contribution in [2.75, 3.05) is 26.2 Å². The number of nitrogens with zero attached hydrogens (tertiary/aromatic N) is 3. The first kappa shape index (κ1) is 17.8. The number of aromatic nitrogens is 2. The van der Waals surface area contributed by atoms with Crippen LogP contribution in [0.1, 0.15) is 10.7 Å². The average Bonchev–Trinajstić information content (AvgIpc) is 3.44. The maximum absolute atomic E-state index is 12.7. The SMILES string of the molecule is O=c1[nH]c(CN2CCN(Cc3cccs3)CC2)nc2scc(-c3ccco3)c12. The van der Waals surface area contributed by atoms with Crippen LogP contribution in [0, 0.1) is 0 Å². The Morgan fingerprint density at radius 3 is 2.61 bits per heavy atom. The summed E-state index contributed by atoms with van der Waals surface area (Å²) >= 11 is 3.30. The first-order valence-corrected chi connectivity index (χ1v) is 11.0. The fourth-order valence-corrected chi connectivity index (χ4v) is 5.31. The highest BCUT2D eigenvalue weighted by atomic mass is 32.1. The highest BCUT2D eigenvalue weighted by Gasteiger charge is 2.20. The zero-order valence-electron chi connectivity index (χ0n) is 15.3. The Hall–Kier alpha value is -2.26. The van der Waals surface area contributed by atoms with Gasteiger partial charge in [0.2, 0.25) is 0 Å². The second-order valence-corrected chi connectivity index (χ2v) is 8.84. The fraction of sp³-hybridized carbons (Fsp3) is 0.300. The molecule has 0 unspecified atom stereocenters. The summed E-state index contributed by atoms with van der Waals surface area (Å²) in [5.74, 6) is 1.44. The lowest BCUT2D eigenvalue weighted by Gasteiger charge is -2.34. The third-order valence-corrected chi connectivity index (χ3v) is 6.81. The largest absolute Gasteiger partial charge is 0.464 e. The van der Waals surface area contributed by atoms with Gasteiger partial charge >= 0.3 is 0 Å². The summed E-state index contributed by atoms with van der Waals surface area (Å²) in [6.07, 6.45) is 1.62. The Kier molecular flexibility index (Phi) is 4.86. The van der Waals surface area contributed by atoms with E-state index >= 15 is 0 Å². The molecule has 0 saturated carbocycles. The van der Waals surface area contributed by atoms with E-state index in [9.17, 15) is 4.79 Å². The van der Waals surface area contributed by atoms with Crippen LogP contribution in [0.25, 0.3) is 21.5 Å². The van der Waals surface area contributed by atoms with Gasteiger partial charge in [0.25, 0.3) is 5.56 Å². The predicted molar refractivity (Wildman–Crippen MR) is 113 cm³/mol. The normalized spacial score (nSPS) is 16.1. The molecule has 0 spiro atoms. The Labute approximate surface area is 170 Å². The molecule has 1 saturated heterocycles. The Balaban J connectivity index is 1.28. The molecule has 28 heavy (non-hydrogen) atoms. The molecular formula is C20H20N4O2S2. The predicted octanol–water partition coefficient (Wildman–Crippen LogP) is 3.62. The van der Waals surface area contributed by atoms with Gasteiger partial charge in [0.15, 0.2) is 0 Å². The first-order chi connectivity index (χ1) is 13.8. The number of fused-ring (bicyclic) bond motifs is 1. The van der Waals surface area contributed by atoms with Crippen LogP contribution in [0.5, 0.6) is 0 Å². The summed E-state index contributed by atoms with van der Waals surface area (Å²) in [5, 5.41) is 4.69. The van der Waals surface area contributed by atoms with E-state index in [-0.39, 0.29) is 5.56 Å². The van der Waals surface area contributed by atoms with E-state index < -0.39 is 0 Å². The molecular weight excluding hydrogens is 392 g/mol. The Morgan fingerprint density at radius 1 is 1.07 bits per heavy atom. The van der Waals surface area contributed by atoms with Gasteiger partial charge < -0.3 is 9.40 Å². The zero-order chi connectivity index (χ0) is 18.9. The first-order valence-electron chi connectivity index (χ1n) is 9.27. The van der Waals surface area contributed by atoms with Gasteiger partial charge in [-0.1, -0.05) is 6.07 Å². The van der Waals surface area contributed by atoms with E-state index in [0.717, 1.165) is 48.9 Å². The lowest BCUT2D eigenvalue weighted by atomic mass is 10.2. The van der Waals surface area contributed by atoms with Crippen molar-refractivity contribution in [1.82, 2.24) is 19.8 Å². The summed E-state index contributed by atoms with van der Waals surface area (Å²) in [6.45, 7) is 5.73. The van der Waals surface area contributed by atoms with E-state index in [1.807, 2.05) is 28.8 Å². The molecule has 5 rings (SSSR count). The van der Waals surface area contributed by atoms with E-state index in [4.69, 9.17) is 9.40 Å². The van der Waals surface area contributed by atoms with Gasteiger partial charge in [-0.25, -0.2) is 4.98 Å². The van der Waals surface area contributed by atoms with Crippen molar-refractivity contribution in [2.45, 2.75) is 13.1 Å². The average molecular weight is 413 g/mol. The molecule has 8 heteroatoms. The van der Waals surface area contributed by atoms with Crippen LogP contribution < -0.4 is 5.56 Å². The highest BCUT2D eigenvalue weighted by Crippen LogP contribution is 2.30. The number of thiophene rings is 2. The molecule has 5 heterocycles. The number of H-pyrrole nitrogens is 1. The summed E-state index contributed by atoms with van der Waals surface area (Å²) in [6, 6.07) is 7.99. The van der Waals surface area contributed by atoms with Gasteiger partial charge in [0, 0.05) is 48.5 Å². The Morgan fingerprint density at radius 2 is 1.89 bits per heavy atom. The molecule has 0 bridgehead atoms. The van der Waals surface area contributed by atoms with Gasteiger partial charge in [-0.05, 0) is 23.6 Å². The van der Waals surface area contributed by atoms with Gasteiger partial charge in [0.05, 0.1) is 18.2 Å². The van der Waals surface area contributed by atoms with Crippen LogP contribution in [0.15, 0.2) is 50.5 Å². The molecule has 6 nitrogen and oxygen atoms in total. The van der Waals surface area contributed by atoms with Gasteiger partial charge in [-0.15, -0.1) is 22.7 Å². The maximum atomic E-state index is 12.7. The van der Waals surface area contributed by atoms with Crippen molar-refractivity contribution < 1.29 is 4.42 Å². The number of furan rings is 1. The number of aromatic amines is 1. The minimum atomic E-state index is -0.0935. The van der Waals surface area contributed by atoms with Crippen molar-refractivity contribution >= 4 is 32.9 Å². The third kappa shape index (κ3) is 3.56. The fourth-order valence-electron chi connectivity index (χ4n) is 3.62. The number of rotatable bonds is 5. The van der Waals surface area contributed by atoms with Crippen LogP contribution in [-0.2, 0) is 13.1 Å². The molecule has 0 radical (unpaired) electrons. The van der Waals surface area contributed by atoms with Crippen LogP contribution in [0.2, 0.25) is 0 Å². The van der Waals surface area contributed by atoms with E-state index in [1.54, 1.807) is 6.26 Å². The molecule has 4 aromatic rings. The van der Waals surface area contributed by atoms with Gasteiger partial charge in [-0.3, -0.25) is 14.6 Å². The van der Waals surface area contributed by atoms with Crippen molar-refractivity contribution in [3.8, 4) is 11.3 Å². The quantitative estimate of drug-likeness (QED) is 0.542. The molecule has 0 aromatic carbocycles. The molecule has 0 aliphatic carbocycles. The highest BCUT2D eigenvalue weighted by molar-refractivity contribution is 7.17. The van der Waals surface area contributed by atoms with E-state index in [1.165, 1.54) is 16.2 Å². The molecule has 4 aromatic heterocycles. The molecule has 0 atom stereocenters. The summed E-state index contributed by atoms with van der Waals surface area (Å²) < 4.78 is 5.45. The maximum Gasteiger partial charge on any atom is 0.260 e. The van der Waals surface area contributed by atoms with E-state index in [0.29, 0.717) is 17.7 Å². The molecule has 1 aliphatic heterocycles. The van der Waals surface area contributed by atoms with Gasteiger partial charge in [0.1, 0.15) is 16.4 Å². The summed E-state index contributed by atoms with van der Waals surface area (Å²) in [5.41, 5.74) is 0.719. The van der Waals surface area contributed by atoms with Crippen molar-refractivity contribution in [3.05, 3.63) is 62.3 Å². The number of piperazine rings is 1. The summed E-state index contributed by atoms with van der Waals surface area (Å²) in [4.78, 5) is 27.4.